The van der Waals surface area contributed by atoms with Gasteiger partial charge in [-0.15, -0.1) is 0 Å². The third-order valence-electron chi connectivity index (χ3n) is 2.53. The second-order valence-corrected chi connectivity index (χ2v) is 4.01. The number of carbonyl (C=O) groups excluding carboxylic acids is 1. The third kappa shape index (κ3) is 2.94. The molecule has 0 aliphatic heterocycles. The smallest absolute Gasteiger partial charge is 0.251 e. The Kier molecular flexibility index (Phi) is 3.37. The van der Waals surface area contributed by atoms with Crippen molar-refractivity contribution in [1.82, 2.24) is 5.32 Å². The average Bonchev–Trinajstić information content (AvgIpc) is 3.11. The normalized spacial score (nSPS) is 15.3. The first-order valence-electron chi connectivity index (χ1n) is 5.57. The molecule has 1 aliphatic carbocycles. The van der Waals surface area contributed by atoms with Crippen molar-refractivity contribution in [3.05, 3.63) is 41.5 Å². The molecule has 0 radical (unpaired) electrons. The minimum absolute atomic E-state index is 0.0249. The molecule has 1 amide bonds. The van der Waals surface area contributed by atoms with Crippen LogP contribution in [0.15, 0.2) is 30.3 Å². The second kappa shape index (κ2) is 4.94. The first-order valence-corrected chi connectivity index (χ1v) is 5.57. The highest BCUT2D eigenvalue weighted by atomic mass is 16.1. The van der Waals surface area contributed by atoms with E-state index in [9.17, 15) is 4.79 Å². The van der Waals surface area contributed by atoms with Crippen LogP contribution in [0.2, 0.25) is 0 Å². The number of hydrogen-bond acceptors (Lipinski definition) is 2. The fourth-order valence-corrected chi connectivity index (χ4v) is 1.45. The van der Waals surface area contributed by atoms with Crippen LogP contribution >= 0.6 is 0 Å². The molecule has 0 spiro atoms. The fourth-order valence-electron chi connectivity index (χ4n) is 1.45. The lowest BCUT2D eigenvalue weighted by Crippen LogP contribution is -2.25. The van der Waals surface area contributed by atoms with E-state index < -0.39 is 0 Å². The Bertz CT molecular complexity index is 391. The molecular formula is C13H16N2O. The first-order chi connectivity index (χ1) is 7.79. The van der Waals surface area contributed by atoms with Crippen LogP contribution in [0.1, 0.15) is 28.8 Å². The highest BCUT2D eigenvalue weighted by Crippen LogP contribution is 2.19. The molecule has 0 atom stereocenters. The molecule has 0 unspecified atom stereocenters. The SMILES string of the molecule is NCC=Cc1ccc(C(=O)NC2CC2)cc1. The maximum Gasteiger partial charge on any atom is 0.251 e. The summed E-state index contributed by atoms with van der Waals surface area (Å²) in [6.07, 6.45) is 6.06. The van der Waals surface area contributed by atoms with Crippen LogP contribution in [0.5, 0.6) is 0 Å². The van der Waals surface area contributed by atoms with Crippen molar-refractivity contribution < 1.29 is 4.79 Å². The Hall–Kier alpha value is -1.61. The van der Waals surface area contributed by atoms with E-state index in [-0.39, 0.29) is 5.91 Å². The number of hydrogen-bond donors (Lipinski definition) is 2. The monoisotopic (exact) mass is 216 g/mol. The first kappa shape index (κ1) is 10.9. The number of nitrogens with one attached hydrogen (secondary N) is 1. The van der Waals surface area contributed by atoms with Crippen molar-refractivity contribution in [2.45, 2.75) is 18.9 Å². The van der Waals surface area contributed by atoms with E-state index in [2.05, 4.69) is 5.32 Å². The summed E-state index contributed by atoms with van der Waals surface area (Å²) in [4.78, 5) is 11.7. The van der Waals surface area contributed by atoms with Crippen molar-refractivity contribution in [2.24, 2.45) is 5.73 Å². The molecule has 2 rings (SSSR count). The van der Waals surface area contributed by atoms with E-state index in [1.807, 2.05) is 36.4 Å². The van der Waals surface area contributed by atoms with Gasteiger partial charge in [-0.2, -0.15) is 0 Å². The predicted octanol–water partition coefficient (Wildman–Crippen LogP) is 1.55. The molecule has 0 heterocycles. The van der Waals surface area contributed by atoms with Gasteiger partial charge in [0, 0.05) is 18.2 Å². The van der Waals surface area contributed by atoms with Crippen molar-refractivity contribution in [3.8, 4) is 0 Å². The van der Waals surface area contributed by atoms with Gasteiger partial charge in [-0.05, 0) is 30.5 Å². The van der Waals surface area contributed by atoms with Gasteiger partial charge in [-0.1, -0.05) is 24.3 Å². The third-order valence-corrected chi connectivity index (χ3v) is 2.53. The molecule has 1 aliphatic rings. The summed E-state index contributed by atoms with van der Waals surface area (Å²) in [6, 6.07) is 7.94. The minimum Gasteiger partial charge on any atom is -0.349 e. The number of rotatable bonds is 4. The van der Waals surface area contributed by atoms with Crippen LogP contribution in [-0.4, -0.2) is 18.5 Å². The quantitative estimate of drug-likeness (QED) is 0.802. The predicted molar refractivity (Wildman–Crippen MR) is 65.0 cm³/mol. The Labute approximate surface area is 95.3 Å². The molecule has 1 saturated carbocycles. The van der Waals surface area contributed by atoms with E-state index in [1.54, 1.807) is 0 Å². The molecule has 1 fully saturated rings. The fraction of sp³-hybridized carbons (Fsp3) is 0.308. The lowest BCUT2D eigenvalue weighted by Gasteiger charge is -2.03. The van der Waals surface area contributed by atoms with Crippen LogP contribution in [0.3, 0.4) is 0 Å². The highest BCUT2D eigenvalue weighted by Gasteiger charge is 2.23. The summed E-state index contributed by atoms with van der Waals surface area (Å²) >= 11 is 0. The van der Waals surface area contributed by atoms with E-state index in [4.69, 9.17) is 5.73 Å². The molecule has 3 N–H and O–H groups in total. The van der Waals surface area contributed by atoms with Gasteiger partial charge in [0.05, 0.1) is 0 Å². The van der Waals surface area contributed by atoms with Crippen LogP contribution < -0.4 is 11.1 Å². The van der Waals surface area contributed by atoms with Crippen LogP contribution in [0, 0.1) is 0 Å². The largest absolute Gasteiger partial charge is 0.349 e. The topological polar surface area (TPSA) is 55.1 Å². The molecule has 0 aromatic heterocycles. The maximum atomic E-state index is 11.7. The molecule has 3 heteroatoms. The minimum atomic E-state index is 0.0249. The van der Waals surface area contributed by atoms with Gasteiger partial charge in [-0.25, -0.2) is 0 Å². The van der Waals surface area contributed by atoms with Crippen LogP contribution in [-0.2, 0) is 0 Å². The van der Waals surface area contributed by atoms with Gasteiger partial charge in [0.1, 0.15) is 0 Å². The van der Waals surface area contributed by atoms with Crippen LogP contribution in [0.25, 0.3) is 6.08 Å². The maximum absolute atomic E-state index is 11.7. The van der Waals surface area contributed by atoms with Gasteiger partial charge in [-0.3, -0.25) is 4.79 Å². The number of carbonyl (C=O) groups is 1. The molecule has 84 valence electrons. The molecule has 3 nitrogen and oxygen atoms in total. The molecule has 1 aromatic rings. The summed E-state index contributed by atoms with van der Waals surface area (Å²) in [5.74, 6) is 0.0249. The van der Waals surface area contributed by atoms with Crippen molar-refractivity contribution >= 4 is 12.0 Å². The second-order valence-electron chi connectivity index (χ2n) is 4.01. The molecule has 0 bridgehead atoms. The molecule has 16 heavy (non-hydrogen) atoms. The van der Waals surface area contributed by atoms with Gasteiger partial charge in [0.2, 0.25) is 0 Å². The van der Waals surface area contributed by atoms with E-state index in [0.29, 0.717) is 12.6 Å². The van der Waals surface area contributed by atoms with Gasteiger partial charge in [0.25, 0.3) is 5.91 Å². The summed E-state index contributed by atoms with van der Waals surface area (Å²) in [5, 5.41) is 2.96. The van der Waals surface area contributed by atoms with E-state index in [1.165, 1.54) is 0 Å². The molecular weight excluding hydrogens is 200 g/mol. The van der Waals surface area contributed by atoms with Gasteiger partial charge < -0.3 is 11.1 Å². The Morgan fingerprint density at radius 1 is 1.38 bits per heavy atom. The summed E-state index contributed by atoms with van der Waals surface area (Å²) in [7, 11) is 0. The summed E-state index contributed by atoms with van der Waals surface area (Å²) in [6.45, 7) is 0.532. The summed E-state index contributed by atoms with van der Waals surface area (Å²) < 4.78 is 0. The lowest BCUT2D eigenvalue weighted by molar-refractivity contribution is 0.0951. The molecule has 1 aromatic carbocycles. The Morgan fingerprint density at radius 3 is 2.62 bits per heavy atom. The van der Waals surface area contributed by atoms with E-state index >= 15 is 0 Å². The number of nitrogens with two attached hydrogens (primary N) is 1. The zero-order valence-electron chi connectivity index (χ0n) is 9.15. The zero-order valence-corrected chi connectivity index (χ0v) is 9.15. The lowest BCUT2D eigenvalue weighted by atomic mass is 10.1. The highest BCUT2D eigenvalue weighted by molar-refractivity contribution is 5.94. The Morgan fingerprint density at radius 2 is 2.06 bits per heavy atom. The molecule has 0 saturated heterocycles. The zero-order chi connectivity index (χ0) is 11.4. The average molecular weight is 216 g/mol. The van der Waals surface area contributed by atoms with Crippen molar-refractivity contribution in [3.63, 3.8) is 0 Å². The van der Waals surface area contributed by atoms with Crippen molar-refractivity contribution in [2.75, 3.05) is 6.54 Å². The number of benzene rings is 1. The Balaban J connectivity index is 2.00. The van der Waals surface area contributed by atoms with E-state index in [0.717, 1.165) is 24.0 Å². The van der Waals surface area contributed by atoms with Gasteiger partial charge in [0.15, 0.2) is 0 Å². The van der Waals surface area contributed by atoms with Gasteiger partial charge >= 0.3 is 0 Å². The standard InChI is InChI=1S/C13H16N2O/c14-9-1-2-10-3-5-11(6-4-10)13(16)15-12-7-8-12/h1-6,12H,7-9,14H2,(H,15,16). The van der Waals surface area contributed by atoms with Crippen molar-refractivity contribution in [1.29, 1.82) is 0 Å². The summed E-state index contributed by atoms with van der Waals surface area (Å²) in [5.41, 5.74) is 7.15. The van der Waals surface area contributed by atoms with Crippen LogP contribution in [0.4, 0.5) is 0 Å². The number of amides is 1.